The first kappa shape index (κ1) is 47.5. The molecular formula is C46H48N11O11P. The van der Waals surface area contributed by atoms with E-state index in [1.165, 1.54) is 46.3 Å². The van der Waals surface area contributed by atoms with Crippen LogP contribution in [0.4, 0.5) is 28.6 Å². The lowest BCUT2D eigenvalue weighted by atomic mass is 10.1. The van der Waals surface area contributed by atoms with E-state index in [1.807, 2.05) is 12.2 Å². The highest BCUT2D eigenvalue weighted by atomic mass is 31.2. The number of aryl methyl sites for hydroxylation is 3. The highest BCUT2D eigenvalue weighted by Gasteiger charge is 2.28. The summed E-state index contributed by atoms with van der Waals surface area (Å²) in [4.78, 5) is 87.2. The van der Waals surface area contributed by atoms with Crippen LogP contribution in [0.2, 0.25) is 0 Å². The molecule has 0 aliphatic carbocycles. The number of imidazole rings is 1. The van der Waals surface area contributed by atoms with E-state index in [-0.39, 0.29) is 67.1 Å². The summed E-state index contributed by atoms with van der Waals surface area (Å²) in [5.74, 6) is -1.20. The summed E-state index contributed by atoms with van der Waals surface area (Å²) in [5.41, 5.74) is 2.77. The minimum atomic E-state index is -4.15. The smallest absolute Gasteiger partial charge is 0.430 e. The molecular weight excluding hydrogens is 914 g/mol. The maximum absolute atomic E-state index is 13.7. The zero-order valence-corrected chi connectivity index (χ0v) is 38.9. The van der Waals surface area contributed by atoms with E-state index in [9.17, 15) is 33.4 Å². The fourth-order valence-corrected chi connectivity index (χ4v) is 8.48. The summed E-state index contributed by atoms with van der Waals surface area (Å²) >= 11 is 0. The van der Waals surface area contributed by atoms with Gasteiger partial charge in [-0.25, -0.2) is 9.55 Å². The molecule has 5 N–H and O–H groups in total. The normalized spacial score (nSPS) is 14.7. The molecule has 1 unspecified atom stereocenters. The Kier molecular flexibility index (Phi) is 13.8. The monoisotopic (exact) mass is 961 g/mol. The summed E-state index contributed by atoms with van der Waals surface area (Å²) in [6, 6.07) is 12.4. The topological polar surface area (TPSA) is 256 Å². The average molecular weight is 962 g/mol. The molecule has 0 saturated heterocycles. The van der Waals surface area contributed by atoms with Crippen LogP contribution < -0.4 is 30.5 Å². The number of aliphatic imine (C=N–C) groups is 1. The Balaban J connectivity index is 0.829. The third-order valence-corrected chi connectivity index (χ3v) is 12.0. The molecule has 0 spiro atoms. The van der Waals surface area contributed by atoms with Gasteiger partial charge < -0.3 is 53.7 Å². The minimum absolute atomic E-state index is 0.00334. The number of carbonyl (C=O) groups is 5. The van der Waals surface area contributed by atoms with Gasteiger partial charge in [0.05, 0.1) is 61.1 Å². The van der Waals surface area contributed by atoms with Gasteiger partial charge in [0, 0.05) is 89.0 Å². The van der Waals surface area contributed by atoms with Crippen LogP contribution in [0.5, 0.6) is 11.5 Å². The minimum Gasteiger partial charge on any atom is -0.493 e. The number of hydrogen-bond acceptors (Lipinski definition) is 12. The zero-order valence-electron chi connectivity index (χ0n) is 38.0. The second-order valence-electron chi connectivity index (χ2n) is 15.9. The number of amides is 4. The molecule has 2 atom stereocenters. The highest BCUT2D eigenvalue weighted by Crippen LogP contribution is 2.42. The van der Waals surface area contributed by atoms with Gasteiger partial charge in [0.25, 0.3) is 23.6 Å². The van der Waals surface area contributed by atoms with Crippen molar-refractivity contribution in [2.75, 3.05) is 55.1 Å². The van der Waals surface area contributed by atoms with Gasteiger partial charge in [0.2, 0.25) is 11.7 Å². The van der Waals surface area contributed by atoms with Crippen molar-refractivity contribution in [2.45, 2.75) is 18.9 Å². The van der Waals surface area contributed by atoms with E-state index in [0.29, 0.717) is 57.1 Å². The SMILES string of the molecule is COCCOP(=O)(O)Nc1ccc2c(ccn2C(=O)c2cc(NC(=O)c3cc(NC(=O)c4nc(NC(=O)CCCOc5cc6c(cc5OC)C(=O)N5C=CC=C[C@H]5C=N6)cn4C)cn3C)cn2C)c1. The van der Waals surface area contributed by atoms with Crippen LogP contribution >= 0.6 is 7.75 Å². The number of nitrogens with one attached hydrogen (secondary N) is 4. The third kappa shape index (κ3) is 10.6. The van der Waals surface area contributed by atoms with E-state index in [0.717, 1.165) is 0 Å². The lowest BCUT2D eigenvalue weighted by Crippen LogP contribution is -2.35. The van der Waals surface area contributed by atoms with Crippen LogP contribution in [0.3, 0.4) is 0 Å². The molecule has 4 aromatic heterocycles. The van der Waals surface area contributed by atoms with Gasteiger partial charge >= 0.3 is 7.75 Å². The van der Waals surface area contributed by atoms with Crippen molar-refractivity contribution in [1.29, 1.82) is 0 Å². The summed E-state index contributed by atoms with van der Waals surface area (Å²) in [6.07, 6.45) is 15.5. The largest absolute Gasteiger partial charge is 0.493 e. The molecule has 0 bridgehead atoms. The Morgan fingerprint density at radius 3 is 2.33 bits per heavy atom. The Hall–Kier alpha value is -8.04. The molecule has 358 valence electrons. The fraction of sp³-hybridized carbons (Fsp3) is 0.239. The number of fused-ring (bicyclic) bond motifs is 3. The lowest BCUT2D eigenvalue weighted by molar-refractivity contribution is -0.116. The number of methoxy groups -OCH3 is 2. The lowest BCUT2D eigenvalue weighted by Gasteiger charge is -2.24. The molecule has 2 aromatic carbocycles. The van der Waals surface area contributed by atoms with Crippen molar-refractivity contribution in [2.24, 2.45) is 26.1 Å². The molecule has 23 heteroatoms. The molecule has 0 radical (unpaired) electrons. The van der Waals surface area contributed by atoms with E-state index in [2.05, 4.69) is 31.0 Å². The summed E-state index contributed by atoms with van der Waals surface area (Å²) in [5, 5.41) is 11.3. The van der Waals surface area contributed by atoms with Gasteiger partial charge in [-0.3, -0.25) is 43.1 Å². The quantitative estimate of drug-likeness (QED) is 0.0502. The van der Waals surface area contributed by atoms with Crippen LogP contribution in [0, 0.1) is 0 Å². The van der Waals surface area contributed by atoms with E-state index in [1.54, 1.807) is 104 Å². The highest BCUT2D eigenvalue weighted by molar-refractivity contribution is 7.54. The number of anilines is 4. The number of hydrogen-bond donors (Lipinski definition) is 5. The van der Waals surface area contributed by atoms with Crippen LogP contribution in [0.15, 0.2) is 103 Å². The van der Waals surface area contributed by atoms with Crippen molar-refractivity contribution in [3.63, 3.8) is 0 Å². The molecule has 2 aliphatic heterocycles. The summed E-state index contributed by atoms with van der Waals surface area (Å²) < 4.78 is 39.7. The Bertz CT molecular complexity index is 3140. The van der Waals surface area contributed by atoms with Crippen LogP contribution in [0.25, 0.3) is 10.9 Å². The van der Waals surface area contributed by atoms with Gasteiger partial charge in [0.15, 0.2) is 17.3 Å². The number of benzene rings is 2. The average Bonchev–Trinajstić information content (AvgIpc) is 4.09. The summed E-state index contributed by atoms with van der Waals surface area (Å²) in [6.45, 7) is 0.218. The maximum Gasteiger partial charge on any atom is 0.430 e. The van der Waals surface area contributed by atoms with Gasteiger partial charge in [-0.05, 0) is 55.0 Å². The van der Waals surface area contributed by atoms with Crippen molar-refractivity contribution in [1.82, 2.24) is 28.2 Å². The Morgan fingerprint density at radius 2 is 1.57 bits per heavy atom. The number of carbonyl (C=O) groups excluding carboxylic acids is 5. The first-order valence-corrected chi connectivity index (χ1v) is 22.9. The molecule has 22 nitrogen and oxygen atoms in total. The number of allylic oxidation sites excluding steroid dienone is 2. The van der Waals surface area contributed by atoms with Crippen molar-refractivity contribution in [3.8, 4) is 11.5 Å². The van der Waals surface area contributed by atoms with E-state index in [4.69, 9.17) is 18.7 Å². The third-order valence-electron chi connectivity index (χ3n) is 11.0. The molecule has 0 fully saturated rings. The zero-order chi connectivity index (χ0) is 49.0. The second-order valence-corrected chi connectivity index (χ2v) is 17.4. The molecule has 0 saturated carbocycles. The Morgan fingerprint density at radius 1 is 0.812 bits per heavy atom. The molecule has 2 aliphatic rings. The Labute approximate surface area is 394 Å². The standard InChI is InChI=1S/C46H48N11O11P/c1-53-25-30(20-36(53)43(59)48-31-21-37(54(2)26-31)46(62)57-15-13-28-19-29(11-12-35(28)57)52-69(63,64)68-18-17-65-4)49-44(60)42-51-40(27-55(42)3)50-41(58)10-8-16-67-39-23-34-33(22-38(39)66-5)45(61)56-14-7-6-9-32(56)24-47-34/h6-7,9,11-15,19-27,32H,8,10,16-18H2,1-5H3,(H,48,59)(H,49,60)(H,50,58)(H2,52,63,64)/t32-/m0/s1. The molecule has 6 heterocycles. The van der Waals surface area contributed by atoms with Gasteiger partial charge in [0.1, 0.15) is 11.4 Å². The number of rotatable bonds is 18. The molecule has 69 heavy (non-hydrogen) atoms. The van der Waals surface area contributed by atoms with Crippen molar-refractivity contribution in [3.05, 3.63) is 121 Å². The van der Waals surface area contributed by atoms with E-state index < -0.39 is 25.5 Å². The van der Waals surface area contributed by atoms with Crippen molar-refractivity contribution < 1.29 is 52.2 Å². The molecule has 4 amide bonds. The van der Waals surface area contributed by atoms with Gasteiger partial charge in [-0.15, -0.1) is 0 Å². The van der Waals surface area contributed by atoms with Crippen LogP contribution in [0.1, 0.15) is 54.8 Å². The van der Waals surface area contributed by atoms with Crippen LogP contribution in [-0.4, -0.2) is 109 Å². The van der Waals surface area contributed by atoms with Gasteiger partial charge in [-0.2, -0.15) is 0 Å². The first-order valence-electron chi connectivity index (χ1n) is 21.4. The predicted octanol–water partition coefficient (Wildman–Crippen LogP) is 5.84. The second kappa shape index (κ2) is 20.1. The first-order chi connectivity index (χ1) is 33.1. The number of aromatic nitrogens is 5. The molecule has 6 aromatic rings. The predicted molar refractivity (Wildman–Crippen MR) is 256 cm³/mol. The summed E-state index contributed by atoms with van der Waals surface area (Å²) in [7, 11) is 3.67. The van der Waals surface area contributed by atoms with Crippen LogP contribution in [-0.2, 0) is 39.8 Å². The maximum atomic E-state index is 13.7. The van der Waals surface area contributed by atoms with Gasteiger partial charge in [-0.1, -0.05) is 12.2 Å². The fourth-order valence-electron chi connectivity index (χ4n) is 7.63. The molecule has 8 rings (SSSR count). The number of ether oxygens (including phenoxy) is 3. The van der Waals surface area contributed by atoms with E-state index >= 15 is 0 Å². The number of nitrogens with zero attached hydrogens (tertiary/aromatic N) is 7. The van der Waals surface area contributed by atoms with Crippen molar-refractivity contribution >= 4 is 83.0 Å².